The normalized spacial score (nSPS) is 28.2. The molecule has 1 N–H and O–H groups in total. The third-order valence-electron chi connectivity index (χ3n) is 6.17. The molecule has 1 aromatic rings. The average Bonchev–Trinajstić information content (AvgIpc) is 2.68. The highest BCUT2D eigenvalue weighted by molar-refractivity contribution is 5.02. The number of hydrogen-bond acceptors (Lipinski definition) is 5. The van der Waals surface area contributed by atoms with Crippen LogP contribution in [0.15, 0.2) is 24.4 Å². The van der Waals surface area contributed by atoms with E-state index in [4.69, 9.17) is 9.47 Å². The van der Waals surface area contributed by atoms with Gasteiger partial charge in [0.15, 0.2) is 0 Å². The Morgan fingerprint density at radius 2 is 2.04 bits per heavy atom. The number of piperidine rings is 2. The molecule has 3 fully saturated rings. The maximum Gasteiger partial charge on any atom is 0.0891 e. The van der Waals surface area contributed by atoms with E-state index in [9.17, 15) is 0 Å². The van der Waals surface area contributed by atoms with Gasteiger partial charge in [0.2, 0.25) is 0 Å². The molecule has 0 amide bonds. The number of pyridine rings is 1. The predicted octanol–water partition coefficient (Wildman–Crippen LogP) is 2.36. The van der Waals surface area contributed by atoms with Crippen LogP contribution in [0, 0.1) is 0 Å². The number of rotatable bonds is 4. The molecule has 4 heterocycles. The van der Waals surface area contributed by atoms with Gasteiger partial charge in [-0.05, 0) is 63.7 Å². The molecule has 1 spiro atoms. The van der Waals surface area contributed by atoms with Crippen molar-refractivity contribution < 1.29 is 9.47 Å². The summed E-state index contributed by atoms with van der Waals surface area (Å²) in [6, 6.07) is 6.71. The van der Waals surface area contributed by atoms with Gasteiger partial charge in [-0.25, -0.2) is 0 Å². The van der Waals surface area contributed by atoms with Crippen molar-refractivity contribution in [1.82, 2.24) is 15.2 Å². The minimum Gasteiger partial charge on any atom is -0.375 e. The van der Waals surface area contributed by atoms with Crippen molar-refractivity contribution >= 4 is 0 Å². The molecule has 4 rings (SSSR count). The van der Waals surface area contributed by atoms with Crippen molar-refractivity contribution in [3.63, 3.8) is 0 Å². The van der Waals surface area contributed by atoms with Gasteiger partial charge < -0.3 is 14.8 Å². The molecule has 0 saturated carbocycles. The summed E-state index contributed by atoms with van der Waals surface area (Å²) < 4.78 is 12.3. The van der Waals surface area contributed by atoms with Gasteiger partial charge in [0.1, 0.15) is 0 Å². The van der Waals surface area contributed by atoms with Crippen molar-refractivity contribution in [2.45, 2.75) is 62.9 Å². The first kappa shape index (κ1) is 17.4. The highest BCUT2D eigenvalue weighted by Crippen LogP contribution is 2.36. The second-order valence-corrected chi connectivity index (χ2v) is 7.80. The number of nitrogens with one attached hydrogen (secondary N) is 1. The summed E-state index contributed by atoms with van der Waals surface area (Å²) in [5.41, 5.74) is 1.18. The number of hydrogen-bond donors (Lipinski definition) is 1. The summed E-state index contributed by atoms with van der Waals surface area (Å²) in [4.78, 5) is 7.05. The second kappa shape index (κ2) is 8.12. The lowest BCUT2D eigenvalue weighted by molar-refractivity contribution is -0.126. The summed E-state index contributed by atoms with van der Waals surface area (Å²) in [5.74, 6) is 0. The molecule has 3 saturated heterocycles. The predicted molar refractivity (Wildman–Crippen MR) is 97.4 cm³/mol. The van der Waals surface area contributed by atoms with Crippen LogP contribution in [0.4, 0.5) is 0 Å². The molecule has 138 valence electrons. The molecule has 25 heavy (non-hydrogen) atoms. The van der Waals surface area contributed by atoms with Gasteiger partial charge in [0, 0.05) is 31.9 Å². The van der Waals surface area contributed by atoms with E-state index in [0.717, 1.165) is 51.3 Å². The molecule has 3 aliphatic rings. The first-order valence-electron chi connectivity index (χ1n) is 9.93. The van der Waals surface area contributed by atoms with E-state index < -0.39 is 0 Å². The zero-order valence-electron chi connectivity index (χ0n) is 15.2. The molecule has 3 aliphatic heterocycles. The minimum atomic E-state index is 0.153. The van der Waals surface area contributed by atoms with E-state index in [0.29, 0.717) is 18.8 Å². The van der Waals surface area contributed by atoms with Crippen LogP contribution in [0.5, 0.6) is 0 Å². The van der Waals surface area contributed by atoms with Crippen molar-refractivity contribution in [2.24, 2.45) is 0 Å². The zero-order chi connectivity index (χ0) is 17.0. The van der Waals surface area contributed by atoms with E-state index in [1.54, 1.807) is 0 Å². The lowest BCUT2D eigenvalue weighted by Gasteiger charge is -2.48. The second-order valence-electron chi connectivity index (χ2n) is 7.80. The molecule has 0 bridgehead atoms. The van der Waals surface area contributed by atoms with E-state index in [2.05, 4.69) is 15.2 Å². The monoisotopic (exact) mass is 345 g/mol. The van der Waals surface area contributed by atoms with Gasteiger partial charge in [-0.15, -0.1) is 0 Å². The largest absolute Gasteiger partial charge is 0.375 e. The molecule has 0 aromatic carbocycles. The Morgan fingerprint density at radius 3 is 2.80 bits per heavy atom. The highest BCUT2D eigenvalue weighted by atomic mass is 16.5. The van der Waals surface area contributed by atoms with Crippen LogP contribution in [-0.4, -0.2) is 60.4 Å². The smallest absolute Gasteiger partial charge is 0.0891 e. The fourth-order valence-electron chi connectivity index (χ4n) is 4.64. The molecule has 1 unspecified atom stereocenters. The van der Waals surface area contributed by atoms with Gasteiger partial charge in [-0.1, -0.05) is 6.07 Å². The van der Waals surface area contributed by atoms with Gasteiger partial charge in [0.05, 0.1) is 24.0 Å². The van der Waals surface area contributed by atoms with Crippen LogP contribution in [0.25, 0.3) is 0 Å². The van der Waals surface area contributed by atoms with Gasteiger partial charge in [-0.2, -0.15) is 0 Å². The maximum absolute atomic E-state index is 6.24. The van der Waals surface area contributed by atoms with Crippen LogP contribution in [-0.2, 0) is 16.1 Å². The third kappa shape index (κ3) is 4.40. The minimum absolute atomic E-state index is 0.153. The molecule has 1 atom stereocenters. The van der Waals surface area contributed by atoms with E-state index in [-0.39, 0.29) is 5.60 Å². The maximum atomic E-state index is 6.24. The first-order chi connectivity index (χ1) is 12.3. The lowest BCUT2D eigenvalue weighted by atomic mass is 9.82. The van der Waals surface area contributed by atoms with Crippen molar-refractivity contribution in [3.05, 3.63) is 30.1 Å². The molecular weight excluding hydrogens is 314 g/mol. The Labute approximate surface area is 151 Å². The lowest BCUT2D eigenvalue weighted by Crippen LogP contribution is -2.54. The Bertz CT molecular complexity index is 519. The van der Waals surface area contributed by atoms with Crippen LogP contribution in [0.2, 0.25) is 0 Å². The summed E-state index contributed by atoms with van der Waals surface area (Å²) in [5, 5.41) is 3.47. The summed E-state index contributed by atoms with van der Waals surface area (Å²) in [7, 11) is 0. The summed E-state index contributed by atoms with van der Waals surface area (Å²) in [6.07, 6.45) is 9.25. The number of likely N-dealkylation sites (tertiary alicyclic amines) is 1. The quantitative estimate of drug-likeness (QED) is 0.908. The topological polar surface area (TPSA) is 46.6 Å². The molecule has 5 heteroatoms. The average molecular weight is 345 g/mol. The van der Waals surface area contributed by atoms with E-state index in [1.165, 1.54) is 25.7 Å². The fourth-order valence-corrected chi connectivity index (χ4v) is 4.64. The van der Waals surface area contributed by atoms with Crippen molar-refractivity contribution in [3.8, 4) is 0 Å². The Morgan fingerprint density at radius 1 is 1.20 bits per heavy atom. The number of aromatic nitrogens is 1. The van der Waals surface area contributed by atoms with Crippen molar-refractivity contribution in [1.29, 1.82) is 0 Å². The fraction of sp³-hybridized carbons (Fsp3) is 0.750. The van der Waals surface area contributed by atoms with Crippen LogP contribution >= 0.6 is 0 Å². The Hall–Kier alpha value is -1.01. The standard InChI is InChI=1S/C20H31N3O2/c1-2-9-22-17(3-1)16-24-19-4-12-23(13-5-19)18-6-14-25-20(15-18)7-10-21-11-8-20/h1-3,9,18-19,21H,4-8,10-16H2. The first-order valence-corrected chi connectivity index (χ1v) is 9.93. The van der Waals surface area contributed by atoms with Crippen molar-refractivity contribution in [2.75, 3.05) is 32.8 Å². The number of ether oxygens (including phenoxy) is 2. The molecule has 5 nitrogen and oxygen atoms in total. The van der Waals surface area contributed by atoms with Crippen LogP contribution in [0.1, 0.15) is 44.2 Å². The van der Waals surface area contributed by atoms with Gasteiger partial charge >= 0.3 is 0 Å². The molecular formula is C20H31N3O2. The Balaban J connectivity index is 1.24. The molecule has 1 aromatic heterocycles. The zero-order valence-corrected chi connectivity index (χ0v) is 15.2. The molecule has 0 aliphatic carbocycles. The SMILES string of the molecule is c1ccc(COC2CCN(C3CCOC4(CCNCC4)C3)CC2)nc1. The number of nitrogens with zero attached hydrogens (tertiary/aromatic N) is 2. The van der Waals surface area contributed by atoms with Gasteiger partial charge in [0.25, 0.3) is 0 Å². The van der Waals surface area contributed by atoms with Crippen LogP contribution < -0.4 is 5.32 Å². The van der Waals surface area contributed by atoms with E-state index >= 15 is 0 Å². The van der Waals surface area contributed by atoms with Crippen LogP contribution in [0.3, 0.4) is 0 Å². The van der Waals surface area contributed by atoms with Gasteiger partial charge in [-0.3, -0.25) is 9.88 Å². The Kier molecular flexibility index (Phi) is 5.66. The highest BCUT2D eigenvalue weighted by Gasteiger charge is 2.40. The summed E-state index contributed by atoms with van der Waals surface area (Å²) in [6.45, 7) is 6.10. The summed E-state index contributed by atoms with van der Waals surface area (Å²) >= 11 is 0. The molecule has 0 radical (unpaired) electrons. The third-order valence-corrected chi connectivity index (χ3v) is 6.17. The van der Waals surface area contributed by atoms with E-state index in [1.807, 2.05) is 24.4 Å².